The second-order valence-electron chi connectivity index (χ2n) is 7.55. The summed E-state index contributed by atoms with van der Waals surface area (Å²) in [5.41, 5.74) is 2.60. The van der Waals surface area contributed by atoms with Gasteiger partial charge in [-0.3, -0.25) is 4.79 Å². The molecule has 0 saturated heterocycles. The Morgan fingerprint density at radius 1 is 1.19 bits per heavy atom. The van der Waals surface area contributed by atoms with Crippen molar-refractivity contribution >= 4 is 5.78 Å². The smallest absolute Gasteiger partial charge is 0.140 e. The predicted octanol–water partition coefficient (Wildman–Crippen LogP) is 3.73. The lowest BCUT2D eigenvalue weighted by molar-refractivity contribution is -0.129. The molecule has 1 N–H and O–H groups in total. The number of Topliss-reactive ketones (excluding diaryl/α,β-unsaturated/α-hetero) is 1. The first kappa shape index (κ1) is 16.2. The van der Waals surface area contributed by atoms with Crippen molar-refractivity contribution in [3.05, 3.63) is 35.4 Å². The highest BCUT2D eigenvalue weighted by molar-refractivity contribution is 5.85. The van der Waals surface area contributed by atoms with Gasteiger partial charge in [0.2, 0.25) is 0 Å². The van der Waals surface area contributed by atoms with Crippen LogP contribution in [-0.2, 0) is 16.6 Å². The zero-order valence-electron chi connectivity index (χ0n) is 14.2. The van der Waals surface area contributed by atoms with Crippen LogP contribution in [0.2, 0.25) is 0 Å². The fourth-order valence-electron chi connectivity index (χ4n) is 3.85. The average molecular weight is 287 g/mol. The standard InChI is InChI=1S/C19H29NO/c1-12(2)18(21)17-16(20-13(3)4)11-14-9-7-8-10-15(14)19(17,5)6/h7-10,12-13,16-17,20H,11H2,1-6H3. The van der Waals surface area contributed by atoms with Crippen LogP contribution >= 0.6 is 0 Å². The van der Waals surface area contributed by atoms with Crippen LogP contribution in [0.5, 0.6) is 0 Å². The van der Waals surface area contributed by atoms with Gasteiger partial charge in [-0.15, -0.1) is 0 Å². The number of carbonyl (C=O) groups excluding carboxylic acids is 1. The van der Waals surface area contributed by atoms with Crippen LogP contribution in [0.15, 0.2) is 24.3 Å². The van der Waals surface area contributed by atoms with Crippen LogP contribution < -0.4 is 5.32 Å². The number of ketones is 1. The number of rotatable bonds is 4. The number of carbonyl (C=O) groups is 1. The molecule has 2 rings (SSSR count). The molecular formula is C19H29NO. The van der Waals surface area contributed by atoms with Crippen LogP contribution in [0.4, 0.5) is 0 Å². The molecule has 2 nitrogen and oxygen atoms in total. The fraction of sp³-hybridized carbons (Fsp3) is 0.632. The fourth-order valence-corrected chi connectivity index (χ4v) is 3.85. The summed E-state index contributed by atoms with van der Waals surface area (Å²) in [6.45, 7) is 12.8. The van der Waals surface area contributed by atoms with Crippen molar-refractivity contribution in [1.82, 2.24) is 5.32 Å². The van der Waals surface area contributed by atoms with Gasteiger partial charge in [0.15, 0.2) is 0 Å². The Labute approximate surface area is 129 Å². The Morgan fingerprint density at radius 3 is 2.38 bits per heavy atom. The van der Waals surface area contributed by atoms with E-state index in [2.05, 4.69) is 57.3 Å². The summed E-state index contributed by atoms with van der Waals surface area (Å²) < 4.78 is 0. The number of benzene rings is 1. The van der Waals surface area contributed by atoms with Crippen molar-refractivity contribution in [2.45, 2.75) is 65.5 Å². The molecule has 2 unspecified atom stereocenters. The van der Waals surface area contributed by atoms with Gasteiger partial charge < -0.3 is 5.32 Å². The Hall–Kier alpha value is -1.15. The van der Waals surface area contributed by atoms with Crippen LogP contribution in [0.3, 0.4) is 0 Å². The normalized spacial score (nSPS) is 24.2. The summed E-state index contributed by atoms with van der Waals surface area (Å²) in [6, 6.07) is 9.21. The van der Waals surface area contributed by atoms with E-state index >= 15 is 0 Å². The highest BCUT2D eigenvalue weighted by atomic mass is 16.1. The molecule has 0 spiro atoms. The van der Waals surface area contributed by atoms with Crippen molar-refractivity contribution < 1.29 is 4.79 Å². The molecule has 2 heteroatoms. The maximum Gasteiger partial charge on any atom is 0.140 e. The van der Waals surface area contributed by atoms with Gasteiger partial charge >= 0.3 is 0 Å². The third-order valence-corrected chi connectivity index (χ3v) is 4.75. The Kier molecular flexibility index (Phi) is 4.57. The monoisotopic (exact) mass is 287 g/mol. The number of hydrogen-bond acceptors (Lipinski definition) is 2. The second kappa shape index (κ2) is 5.92. The lowest BCUT2D eigenvalue weighted by atomic mass is 9.60. The van der Waals surface area contributed by atoms with Crippen LogP contribution in [0.1, 0.15) is 52.7 Å². The minimum absolute atomic E-state index is 0.0369. The molecule has 0 aliphatic heterocycles. The minimum Gasteiger partial charge on any atom is -0.311 e. The summed E-state index contributed by atoms with van der Waals surface area (Å²) >= 11 is 0. The third kappa shape index (κ3) is 3.06. The zero-order valence-corrected chi connectivity index (χ0v) is 14.2. The van der Waals surface area contributed by atoms with Crippen molar-refractivity contribution in [2.24, 2.45) is 11.8 Å². The van der Waals surface area contributed by atoms with Gasteiger partial charge in [-0.25, -0.2) is 0 Å². The van der Waals surface area contributed by atoms with E-state index in [1.165, 1.54) is 11.1 Å². The summed E-state index contributed by atoms with van der Waals surface area (Å²) in [4.78, 5) is 12.9. The quantitative estimate of drug-likeness (QED) is 0.914. The van der Waals surface area contributed by atoms with Crippen molar-refractivity contribution in [1.29, 1.82) is 0 Å². The molecule has 21 heavy (non-hydrogen) atoms. The first-order valence-corrected chi connectivity index (χ1v) is 8.13. The molecule has 0 fully saturated rings. The highest BCUT2D eigenvalue weighted by Gasteiger charge is 2.46. The molecule has 0 bridgehead atoms. The van der Waals surface area contributed by atoms with E-state index in [1.54, 1.807) is 0 Å². The Balaban J connectivity index is 2.49. The molecule has 0 heterocycles. The maximum absolute atomic E-state index is 12.9. The minimum atomic E-state index is -0.122. The van der Waals surface area contributed by atoms with Crippen LogP contribution in [0, 0.1) is 11.8 Å². The van der Waals surface area contributed by atoms with Gasteiger partial charge in [0.25, 0.3) is 0 Å². The second-order valence-corrected chi connectivity index (χ2v) is 7.55. The van der Waals surface area contributed by atoms with Crippen molar-refractivity contribution in [3.8, 4) is 0 Å². The highest BCUT2D eigenvalue weighted by Crippen LogP contribution is 2.42. The molecule has 0 aromatic heterocycles. The van der Waals surface area contributed by atoms with Crippen LogP contribution in [-0.4, -0.2) is 17.9 Å². The maximum atomic E-state index is 12.9. The predicted molar refractivity (Wildman–Crippen MR) is 88.6 cm³/mol. The van der Waals surface area contributed by atoms with E-state index in [1.807, 2.05) is 13.8 Å². The lowest BCUT2D eigenvalue weighted by Crippen LogP contribution is -2.55. The molecule has 1 aromatic carbocycles. The molecule has 0 radical (unpaired) electrons. The number of nitrogens with one attached hydrogen (secondary N) is 1. The van der Waals surface area contributed by atoms with Gasteiger partial charge in [0.1, 0.15) is 5.78 Å². The van der Waals surface area contributed by atoms with Gasteiger partial charge in [-0.1, -0.05) is 65.8 Å². The summed E-state index contributed by atoms with van der Waals surface area (Å²) in [5, 5.41) is 3.64. The molecule has 0 amide bonds. The van der Waals surface area contributed by atoms with E-state index < -0.39 is 0 Å². The summed E-state index contributed by atoms with van der Waals surface area (Å²) in [7, 11) is 0. The number of hydrogen-bond donors (Lipinski definition) is 1. The first-order chi connectivity index (χ1) is 9.75. The third-order valence-electron chi connectivity index (χ3n) is 4.75. The molecule has 1 aliphatic rings. The molecule has 1 aliphatic carbocycles. The Morgan fingerprint density at radius 2 is 1.81 bits per heavy atom. The lowest BCUT2D eigenvalue weighted by Gasteiger charge is -2.46. The number of fused-ring (bicyclic) bond motifs is 1. The van der Waals surface area contributed by atoms with Gasteiger partial charge in [-0.2, -0.15) is 0 Å². The van der Waals surface area contributed by atoms with E-state index in [4.69, 9.17) is 0 Å². The Bertz CT molecular complexity index is 516. The van der Waals surface area contributed by atoms with E-state index in [-0.39, 0.29) is 23.3 Å². The van der Waals surface area contributed by atoms with E-state index in [0.29, 0.717) is 11.8 Å². The molecule has 0 saturated carbocycles. The van der Waals surface area contributed by atoms with Crippen molar-refractivity contribution in [2.75, 3.05) is 0 Å². The largest absolute Gasteiger partial charge is 0.311 e. The SMILES string of the molecule is CC(C)NC1Cc2ccccc2C(C)(C)C1C(=O)C(C)C. The molecular weight excluding hydrogens is 258 g/mol. The molecule has 2 atom stereocenters. The van der Waals surface area contributed by atoms with E-state index in [0.717, 1.165) is 6.42 Å². The summed E-state index contributed by atoms with van der Waals surface area (Å²) in [5.74, 6) is 0.499. The average Bonchev–Trinajstić information content (AvgIpc) is 2.37. The molecule has 1 aromatic rings. The first-order valence-electron chi connectivity index (χ1n) is 8.13. The zero-order chi connectivity index (χ0) is 15.8. The van der Waals surface area contributed by atoms with Gasteiger partial charge in [0.05, 0.1) is 0 Å². The summed E-state index contributed by atoms with van der Waals surface area (Å²) in [6.07, 6.45) is 0.945. The van der Waals surface area contributed by atoms with Gasteiger partial charge in [0, 0.05) is 29.3 Å². The van der Waals surface area contributed by atoms with E-state index in [9.17, 15) is 4.79 Å². The van der Waals surface area contributed by atoms with Crippen molar-refractivity contribution in [3.63, 3.8) is 0 Å². The van der Waals surface area contributed by atoms with Crippen LogP contribution in [0.25, 0.3) is 0 Å². The molecule has 116 valence electrons. The van der Waals surface area contributed by atoms with Gasteiger partial charge in [-0.05, 0) is 17.5 Å². The topological polar surface area (TPSA) is 29.1 Å².